The Morgan fingerprint density at radius 1 is 1.69 bits per heavy atom. The second-order valence-electron chi connectivity index (χ2n) is 2.98. The van der Waals surface area contributed by atoms with Crippen LogP contribution in [0.3, 0.4) is 0 Å². The fraction of sp³-hybridized carbons (Fsp3) is 0.444. The van der Waals surface area contributed by atoms with Crippen LogP contribution in [0.5, 0.6) is 0 Å². The number of aromatic amines is 1. The summed E-state index contributed by atoms with van der Waals surface area (Å²) in [6, 6.07) is 0. The minimum absolute atomic E-state index is 0.265. The van der Waals surface area contributed by atoms with Gasteiger partial charge in [0, 0.05) is 0 Å². The SMILES string of the molecule is CCOC(=O)c1cnc(SC(C)C(N)=O)[nH]1. The smallest absolute Gasteiger partial charge is 0.356 e. The summed E-state index contributed by atoms with van der Waals surface area (Å²) in [5.74, 6) is -0.896. The summed E-state index contributed by atoms with van der Waals surface area (Å²) in [4.78, 5) is 28.8. The van der Waals surface area contributed by atoms with Crippen molar-refractivity contribution >= 4 is 23.6 Å². The number of imidazole rings is 1. The zero-order valence-corrected chi connectivity index (χ0v) is 9.84. The Kier molecular flexibility index (Phi) is 4.36. The minimum atomic E-state index is -0.464. The molecule has 16 heavy (non-hydrogen) atoms. The van der Waals surface area contributed by atoms with Gasteiger partial charge in [0.15, 0.2) is 5.16 Å². The Hall–Kier alpha value is -1.50. The second kappa shape index (κ2) is 5.55. The van der Waals surface area contributed by atoms with Crippen LogP contribution in [-0.2, 0) is 9.53 Å². The average molecular weight is 243 g/mol. The monoisotopic (exact) mass is 243 g/mol. The lowest BCUT2D eigenvalue weighted by Crippen LogP contribution is -2.22. The van der Waals surface area contributed by atoms with Crippen LogP contribution in [0.4, 0.5) is 0 Å². The van der Waals surface area contributed by atoms with Crippen molar-refractivity contribution in [3.05, 3.63) is 11.9 Å². The first kappa shape index (κ1) is 12.6. The van der Waals surface area contributed by atoms with E-state index in [2.05, 4.69) is 9.97 Å². The fourth-order valence-corrected chi connectivity index (χ4v) is 1.63. The van der Waals surface area contributed by atoms with Crippen molar-refractivity contribution in [2.24, 2.45) is 5.73 Å². The molecule has 0 aliphatic heterocycles. The topological polar surface area (TPSA) is 98.1 Å². The number of aromatic nitrogens is 2. The highest BCUT2D eigenvalue weighted by Gasteiger charge is 2.15. The Balaban J connectivity index is 2.64. The zero-order valence-electron chi connectivity index (χ0n) is 9.02. The third kappa shape index (κ3) is 3.27. The van der Waals surface area contributed by atoms with Gasteiger partial charge >= 0.3 is 5.97 Å². The summed E-state index contributed by atoms with van der Waals surface area (Å²) in [5, 5.41) is 0.0653. The number of carbonyl (C=O) groups is 2. The summed E-state index contributed by atoms with van der Waals surface area (Å²) < 4.78 is 4.78. The van der Waals surface area contributed by atoms with Crippen molar-refractivity contribution in [3.8, 4) is 0 Å². The standard InChI is InChI=1S/C9H13N3O3S/c1-3-15-8(14)6-4-11-9(12-6)16-5(2)7(10)13/h4-5H,3H2,1-2H3,(H2,10,13)(H,11,12). The Bertz CT molecular complexity index is 391. The number of nitrogens with two attached hydrogens (primary N) is 1. The number of thioether (sulfide) groups is 1. The number of nitrogens with one attached hydrogen (secondary N) is 1. The van der Waals surface area contributed by atoms with E-state index in [0.29, 0.717) is 11.8 Å². The van der Waals surface area contributed by atoms with Crippen LogP contribution >= 0.6 is 11.8 Å². The molecule has 1 aromatic heterocycles. The first-order chi connectivity index (χ1) is 7.54. The van der Waals surface area contributed by atoms with Gasteiger partial charge in [-0.05, 0) is 13.8 Å². The predicted octanol–water partition coefficient (Wildman–Crippen LogP) is 0.552. The van der Waals surface area contributed by atoms with Gasteiger partial charge in [0.1, 0.15) is 5.69 Å². The van der Waals surface area contributed by atoms with Gasteiger partial charge in [0.05, 0.1) is 18.1 Å². The molecule has 0 aromatic carbocycles. The lowest BCUT2D eigenvalue weighted by Gasteiger charge is -2.02. The summed E-state index contributed by atoms with van der Waals surface area (Å²) in [7, 11) is 0. The maximum absolute atomic E-state index is 11.3. The van der Waals surface area contributed by atoms with E-state index in [1.54, 1.807) is 13.8 Å². The lowest BCUT2D eigenvalue weighted by molar-refractivity contribution is -0.117. The molecule has 1 aromatic rings. The van der Waals surface area contributed by atoms with Crippen molar-refractivity contribution in [3.63, 3.8) is 0 Å². The first-order valence-electron chi connectivity index (χ1n) is 4.72. The first-order valence-corrected chi connectivity index (χ1v) is 5.60. The molecule has 0 spiro atoms. The molecular weight excluding hydrogens is 230 g/mol. The molecule has 0 aliphatic rings. The molecule has 1 unspecified atom stereocenters. The van der Waals surface area contributed by atoms with E-state index in [9.17, 15) is 9.59 Å². The normalized spacial score (nSPS) is 12.1. The summed E-state index contributed by atoms with van der Waals surface area (Å²) in [6.45, 7) is 3.69. The van der Waals surface area contributed by atoms with Gasteiger partial charge in [-0.25, -0.2) is 9.78 Å². The Morgan fingerprint density at radius 3 is 2.94 bits per heavy atom. The van der Waals surface area contributed by atoms with Crippen molar-refractivity contribution in [2.75, 3.05) is 6.61 Å². The summed E-state index contributed by atoms with van der Waals surface area (Å²) in [5.41, 5.74) is 5.37. The average Bonchev–Trinajstić information content (AvgIpc) is 2.66. The van der Waals surface area contributed by atoms with E-state index in [4.69, 9.17) is 10.5 Å². The maximum Gasteiger partial charge on any atom is 0.356 e. The van der Waals surface area contributed by atoms with Gasteiger partial charge in [0.2, 0.25) is 5.91 Å². The van der Waals surface area contributed by atoms with E-state index in [0.717, 1.165) is 11.8 Å². The zero-order chi connectivity index (χ0) is 12.1. The van der Waals surface area contributed by atoms with E-state index in [-0.39, 0.29) is 5.69 Å². The number of carbonyl (C=O) groups excluding carboxylic acids is 2. The lowest BCUT2D eigenvalue weighted by atomic mass is 10.5. The molecule has 3 N–H and O–H groups in total. The molecule has 6 nitrogen and oxygen atoms in total. The summed E-state index contributed by atoms with van der Waals surface area (Å²) in [6.07, 6.45) is 1.37. The fourth-order valence-electron chi connectivity index (χ4n) is 0.901. The molecule has 1 amide bonds. The number of amides is 1. The number of hydrogen-bond acceptors (Lipinski definition) is 5. The Labute approximate surface area is 96.9 Å². The van der Waals surface area contributed by atoms with Gasteiger partial charge in [-0.2, -0.15) is 0 Å². The molecular formula is C9H13N3O3S. The molecule has 1 rings (SSSR count). The largest absolute Gasteiger partial charge is 0.461 e. The molecule has 0 bridgehead atoms. The minimum Gasteiger partial charge on any atom is -0.461 e. The van der Waals surface area contributed by atoms with Crippen LogP contribution in [-0.4, -0.2) is 33.7 Å². The molecule has 0 saturated heterocycles. The van der Waals surface area contributed by atoms with Crippen molar-refractivity contribution in [1.82, 2.24) is 9.97 Å². The van der Waals surface area contributed by atoms with E-state index >= 15 is 0 Å². The van der Waals surface area contributed by atoms with E-state index in [1.807, 2.05) is 0 Å². The van der Waals surface area contributed by atoms with Gasteiger partial charge in [-0.1, -0.05) is 11.8 Å². The van der Waals surface area contributed by atoms with Crippen molar-refractivity contribution < 1.29 is 14.3 Å². The number of rotatable bonds is 5. The van der Waals surface area contributed by atoms with Crippen LogP contribution in [0.25, 0.3) is 0 Å². The molecule has 0 aliphatic carbocycles. The van der Waals surface area contributed by atoms with Crippen LogP contribution in [0, 0.1) is 0 Å². The molecule has 0 saturated carbocycles. The highest BCUT2D eigenvalue weighted by Crippen LogP contribution is 2.19. The molecule has 1 atom stereocenters. The third-order valence-electron chi connectivity index (χ3n) is 1.74. The number of ether oxygens (including phenoxy) is 1. The van der Waals surface area contributed by atoms with Crippen LogP contribution < -0.4 is 5.73 Å². The second-order valence-corrected chi connectivity index (χ2v) is 4.31. The number of primary amides is 1. The number of hydrogen-bond donors (Lipinski definition) is 2. The van der Waals surface area contributed by atoms with Gasteiger partial charge in [0.25, 0.3) is 0 Å². The van der Waals surface area contributed by atoms with Gasteiger partial charge < -0.3 is 15.5 Å². The summed E-state index contributed by atoms with van der Waals surface area (Å²) >= 11 is 1.16. The molecule has 0 radical (unpaired) electrons. The van der Waals surface area contributed by atoms with Crippen LogP contribution in [0.2, 0.25) is 0 Å². The number of nitrogens with zero attached hydrogens (tertiary/aromatic N) is 1. The van der Waals surface area contributed by atoms with Crippen molar-refractivity contribution in [2.45, 2.75) is 24.3 Å². The highest BCUT2D eigenvalue weighted by atomic mass is 32.2. The Morgan fingerprint density at radius 2 is 2.38 bits per heavy atom. The molecule has 7 heteroatoms. The van der Waals surface area contributed by atoms with Crippen LogP contribution in [0.1, 0.15) is 24.3 Å². The molecule has 1 heterocycles. The van der Waals surface area contributed by atoms with Crippen molar-refractivity contribution in [1.29, 1.82) is 0 Å². The van der Waals surface area contributed by atoms with Crippen LogP contribution in [0.15, 0.2) is 11.4 Å². The maximum atomic E-state index is 11.3. The highest BCUT2D eigenvalue weighted by molar-refractivity contribution is 8.00. The predicted molar refractivity (Wildman–Crippen MR) is 59.1 cm³/mol. The molecule has 88 valence electrons. The van der Waals surface area contributed by atoms with E-state index < -0.39 is 17.1 Å². The number of esters is 1. The quantitative estimate of drug-likeness (QED) is 0.581. The van der Waals surface area contributed by atoms with Gasteiger partial charge in [-0.3, -0.25) is 4.79 Å². The molecule has 0 fully saturated rings. The van der Waals surface area contributed by atoms with E-state index in [1.165, 1.54) is 6.20 Å². The third-order valence-corrected chi connectivity index (χ3v) is 2.75. The van der Waals surface area contributed by atoms with Gasteiger partial charge in [-0.15, -0.1) is 0 Å². The number of H-pyrrole nitrogens is 1.